The van der Waals surface area contributed by atoms with Gasteiger partial charge in [0.05, 0.1) is 0 Å². The summed E-state index contributed by atoms with van der Waals surface area (Å²) in [5.41, 5.74) is 3.38. The molecule has 180 valence electrons. The van der Waals surface area contributed by atoms with Crippen molar-refractivity contribution in [1.82, 2.24) is 9.55 Å². The van der Waals surface area contributed by atoms with Crippen molar-refractivity contribution in [2.75, 3.05) is 23.8 Å². The molecule has 0 saturated heterocycles. The lowest BCUT2D eigenvalue weighted by Gasteiger charge is -2.24. The lowest BCUT2D eigenvalue weighted by Crippen LogP contribution is -2.43. The molecule has 1 aromatic heterocycles. The van der Waals surface area contributed by atoms with Crippen molar-refractivity contribution < 1.29 is 23.1 Å². The average molecular weight is 466 g/mol. The first kappa shape index (κ1) is 25.8. The van der Waals surface area contributed by atoms with Crippen molar-refractivity contribution in [3.8, 4) is 0 Å². The zero-order valence-electron chi connectivity index (χ0n) is 18.7. The van der Waals surface area contributed by atoms with Gasteiger partial charge in [0, 0.05) is 13.1 Å². The molecule has 0 radical (unpaired) electrons. The Balaban J connectivity index is 2.34. The van der Waals surface area contributed by atoms with Crippen LogP contribution < -0.4 is 21.9 Å². The predicted octanol–water partition coefficient (Wildman–Crippen LogP) is 2.58. The van der Waals surface area contributed by atoms with Gasteiger partial charge < -0.3 is 15.4 Å². The van der Waals surface area contributed by atoms with Gasteiger partial charge in [-0.3, -0.25) is 19.1 Å². The van der Waals surface area contributed by atoms with E-state index in [0.29, 0.717) is 12.8 Å². The summed E-state index contributed by atoms with van der Waals surface area (Å²) in [7, 11) is 0. The molecule has 2 rings (SSSR count). The second-order valence-corrected chi connectivity index (χ2v) is 7.42. The Morgan fingerprint density at radius 2 is 1.73 bits per heavy atom. The quantitative estimate of drug-likeness (QED) is 0.387. The van der Waals surface area contributed by atoms with Crippen LogP contribution in [0.15, 0.2) is 27.8 Å². The monoisotopic (exact) mass is 466 g/mol. The number of H-pyrrole nitrogens is 1. The van der Waals surface area contributed by atoms with Gasteiger partial charge in [-0.1, -0.05) is 39.2 Å². The molecule has 0 fully saturated rings. The summed E-state index contributed by atoms with van der Waals surface area (Å²) in [5.74, 6) is -4.63. The highest BCUT2D eigenvalue weighted by Crippen LogP contribution is 2.19. The summed E-state index contributed by atoms with van der Waals surface area (Å²) < 4.78 is 33.6. The van der Waals surface area contributed by atoms with Gasteiger partial charge >= 0.3 is 11.7 Å². The number of nitrogen functional groups attached to an aromatic ring is 1. The lowest BCUT2D eigenvalue weighted by molar-refractivity contribution is -0.121. The molecule has 0 spiro atoms. The third-order valence-corrected chi connectivity index (χ3v) is 5.00. The normalized spacial score (nSPS) is 10.8. The number of ether oxygens (including phenoxy) is 1. The number of benzene rings is 1. The van der Waals surface area contributed by atoms with Crippen molar-refractivity contribution in [3.05, 3.63) is 56.2 Å². The van der Waals surface area contributed by atoms with E-state index in [2.05, 4.69) is 4.98 Å². The Morgan fingerprint density at radius 1 is 1.09 bits per heavy atom. The van der Waals surface area contributed by atoms with Crippen LogP contribution in [0.1, 0.15) is 56.3 Å². The summed E-state index contributed by atoms with van der Waals surface area (Å²) in [5, 5.41) is 0. The van der Waals surface area contributed by atoms with Crippen LogP contribution in [0, 0.1) is 11.6 Å². The number of rotatable bonds is 11. The fourth-order valence-corrected chi connectivity index (χ4v) is 3.23. The molecule has 3 N–H and O–H groups in total. The molecule has 0 saturated carbocycles. The van der Waals surface area contributed by atoms with E-state index in [1.165, 1.54) is 4.57 Å². The number of nitrogens with zero attached hydrogens (tertiary/aromatic N) is 2. The molecule has 0 bridgehead atoms. The van der Waals surface area contributed by atoms with E-state index in [9.17, 15) is 28.0 Å². The number of nitrogens with one attached hydrogen (secondary N) is 1. The summed E-state index contributed by atoms with van der Waals surface area (Å²) >= 11 is 0. The molecule has 0 atom stereocenters. The molecule has 33 heavy (non-hydrogen) atoms. The SMILES string of the molecule is CCCCCN(C(=O)COC(=O)c1c(F)cccc1F)c1c(N)n(CCCC)c(=O)[nH]c1=O. The van der Waals surface area contributed by atoms with Crippen molar-refractivity contribution in [2.45, 2.75) is 52.5 Å². The number of carbonyl (C=O) groups is 2. The second-order valence-electron chi connectivity index (χ2n) is 7.42. The Kier molecular flexibility index (Phi) is 9.31. The van der Waals surface area contributed by atoms with E-state index < -0.39 is 46.9 Å². The van der Waals surface area contributed by atoms with Gasteiger partial charge in [0.1, 0.15) is 23.0 Å². The molecule has 1 aromatic carbocycles. The van der Waals surface area contributed by atoms with Crippen LogP contribution in [-0.4, -0.2) is 34.6 Å². The van der Waals surface area contributed by atoms with Gasteiger partial charge in [-0.25, -0.2) is 18.4 Å². The Morgan fingerprint density at radius 3 is 2.33 bits per heavy atom. The number of halogens is 2. The number of hydrogen-bond donors (Lipinski definition) is 2. The first-order valence-electron chi connectivity index (χ1n) is 10.8. The van der Waals surface area contributed by atoms with Crippen LogP contribution in [0.2, 0.25) is 0 Å². The zero-order chi connectivity index (χ0) is 24.5. The molecule has 0 aliphatic rings. The van der Waals surface area contributed by atoms with Gasteiger partial charge in [0.2, 0.25) is 0 Å². The maximum atomic E-state index is 13.8. The molecule has 1 amide bonds. The molecule has 2 aromatic rings. The van der Waals surface area contributed by atoms with Gasteiger partial charge in [-0.2, -0.15) is 0 Å². The summed E-state index contributed by atoms with van der Waals surface area (Å²) in [4.78, 5) is 53.0. The van der Waals surface area contributed by atoms with Crippen molar-refractivity contribution in [2.24, 2.45) is 0 Å². The topological polar surface area (TPSA) is 127 Å². The second kappa shape index (κ2) is 11.9. The predicted molar refractivity (Wildman–Crippen MR) is 119 cm³/mol. The first-order valence-corrected chi connectivity index (χ1v) is 10.8. The maximum absolute atomic E-state index is 13.8. The number of aromatic nitrogens is 2. The highest BCUT2D eigenvalue weighted by Gasteiger charge is 2.26. The van der Waals surface area contributed by atoms with E-state index in [1.807, 2.05) is 13.8 Å². The number of aromatic amines is 1. The number of unbranched alkanes of at least 4 members (excludes halogenated alkanes) is 3. The van der Waals surface area contributed by atoms with E-state index in [0.717, 1.165) is 42.4 Å². The number of carbonyl (C=O) groups excluding carboxylic acids is 2. The molecular weight excluding hydrogens is 438 g/mol. The Bertz CT molecular complexity index is 1090. The van der Waals surface area contributed by atoms with Crippen LogP contribution in [0.25, 0.3) is 0 Å². The number of anilines is 2. The van der Waals surface area contributed by atoms with Crippen molar-refractivity contribution in [3.63, 3.8) is 0 Å². The smallest absolute Gasteiger partial charge is 0.344 e. The average Bonchev–Trinajstić information content (AvgIpc) is 2.76. The Labute approximate surface area is 189 Å². The summed E-state index contributed by atoms with van der Waals surface area (Å²) in [6.07, 6.45) is 3.45. The highest BCUT2D eigenvalue weighted by molar-refractivity contribution is 5.98. The number of hydrogen-bond acceptors (Lipinski definition) is 6. The number of nitrogens with two attached hydrogens (primary N) is 1. The molecule has 0 aliphatic heterocycles. The van der Waals surface area contributed by atoms with Gasteiger partial charge in [0.25, 0.3) is 11.5 Å². The summed E-state index contributed by atoms with van der Waals surface area (Å²) in [6.45, 7) is 3.29. The standard InChI is InChI=1S/C22H28F2N4O5/c1-3-5-7-12-27(18-19(25)28(11-6-4-2)22(32)26-20(18)30)16(29)13-33-21(31)17-14(23)9-8-10-15(17)24/h8-10H,3-7,11-13,25H2,1-2H3,(H,26,30,32). The minimum Gasteiger partial charge on any atom is -0.452 e. The van der Waals surface area contributed by atoms with E-state index in [1.54, 1.807) is 0 Å². The van der Waals surface area contributed by atoms with Gasteiger partial charge in [0.15, 0.2) is 12.3 Å². The minimum atomic E-state index is -1.36. The first-order chi connectivity index (χ1) is 15.7. The fraction of sp³-hybridized carbons (Fsp3) is 0.455. The van der Waals surface area contributed by atoms with Crippen LogP contribution >= 0.6 is 0 Å². The molecule has 0 unspecified atom stereocenters. The molecule has 0 aliphatic carbocycles. The summed E-state index contributed by atoms with van der Waals surface area (Å²) in [6, 6.07) is 2.86. The highest BCUT2D eigenvalue weighted by atomic mass is 19.1. The van der Waals surface area contributed by atoms with Crippen molar-refractivity contribution >= 4 is 23.4 Å². The third kappa shape index (κ3) is 6.27. The van der Waals surface area contributed by atoms with Crippen LogP contribution in [0.5, 0.6) is 0 Å². The van der Waals surface area contributed by atoms with Crippen molar-refractivity contribution in [1.29, 1.82) is 0 Å². The van der Waals surface area contributed by atoms with Crippen LogP contribution in [0.3, 0.4) is 0 Å². The fourth-order valence-electron chi connectivity index (χ4n) is 3.23. The lowest BCUT2D eigenvalue weighted by atomic mass is 10.2. The Hall–Kier alpha value is -3.50. The molecular formula is C22H28F2N4O5. The number of esters is 1. The zero-order valence-corrected chi connectivity index (χ0v) is 18.7. The molecule has 11 heteroatoms. The van der Waals surface area contributed by atoms with E-state index >= 15 is 0 Å². The molecule has 1 heterocycles. The van der Waals surface area contributed by atoms with E-state index in [-0.39, 0.29) is 24.6 Å². The van der Waals surface area contributed by atoms with Crippen LogP contribution in [-0.2, 0) is 16.1 Å². The third-order valence-electron chi connectivity index (χ3n) is 5.00. The van der Waals surface area contributed by atoms with Crippen LogP contribution in [0.4, 0.5) is 20.3 Å². The largest absolute Gasteiger partial charge is 0.452 e. The van der Waals surface area contributed by atoms with Gasteiger partial charge in [-0.15, -0.1) is 0 Å². The van der Waals surface area contributed by atoms with Gasteiger partial charge in [-0.05, 0) is 25.0 Å². The number of amides is 1. The minimum absolute atomic E-state index is 0.0670. The molecule has 9 nitrogen and oxygen atoms in total. The van der Waals surface area contributed by atoms with E-state index in [4.69, 9.17) is 10.5 Å². The maximum Gasteiger partial charge on any atom is 0.344 e.